The summed E-state index contributed by atoms with van der Waals surface area (Å²) in [4.78, 5) is 21.9. The molecule has 1 aliphatic rings. The molecule has 4 nitrogen and oxygen atoms in total. The third-order valence-corrected chi connectivity index (χ3v) is 3.37. The number of amides is 1. The number of fused-ring (bicyclic) bond motifs is 1. The Morgan fingerprint density at radius 3 is 2.78 bits per heavy atom. The van der Waals surface area contributed by atoms with Crippen molar-refractivity contribution in [2.24, 2.45) is 0 Å². The van der Waals surface area contributed by atoms with E-state index in [1.807, 2.05) is 18.2 Å². The van der Waals surface area contributed by atoms with Gasteiger partial charge >= 0.3 is 0 Å². The van der Waals surface area contributed by atoms with Crippen molar-refractivity contribution in [3.05, 3.63) is 36.2 Å². The Kier molecular flexibility index (Phi) is 2.88. The normalized spacial score (nSPS) is 19.7. The molecule has 0 aliphatic carbocycles. The molecule has 2 heterocycles. The van der Waals surface area contributed by atoms with Crippen LogP contribution in [0, 0.1) is 0 Å². The zero-order valence-electron chi connectivity index (χ0n) is 9.71. The van der Waals surface area contributed by atoms with Gasteiger partial charge in [-0.1, -0.05) is 6.07 Å². The lowest BCUT2D eigenvalue weighted by atomic mass is 10.2. The van der Waals surface area contributed by atoms with Gasteiger partial charge in [-0.05, 0) is 17.7 Å². The molecule has 0 spiro atoms. The number of likely N-dealkylation sites (tertiary alicyclic amines) is 1. The van der Waals surface area contributed by atoms with Gasteiger partial charge in [-0.25, -0.2) is 0 Å². The number of alkyl halides is 1. The van der Waals surface area contributed by atoms with Crippen LogP contribution in [-0.2, 0) is 11.3 Å². The van der Waals surface area contributed by atoms with Crippen LogP contribution < -0.4 is 0 Å². The summed E-state index contributed by atoms with van der Waals surface area (Å²) < 4.78 is 0. The fourth-order valence-electron chi connectivity index (χ4n) is 2.20. The Balaban J connectivity index is 1.84. The van der Waals surface area contributed by atoms with Crippen molar-refractivity contribution in [1.29, 1.82) is 0 Å². The smallest absolute Gasteiger partial charge is 0.224 e. The summed E-state index contributed by atoms with van der Waals surface area (Å²) in [5.74, 6) is 0.120. The fourth-order valence-corrected chi connectivity index (χ4v) is 2.50. The highest BCUT2D eigenvalue weighted by Crippen LogP contribution is 2.20. The molecule has 3 rings (SSSR count). The monoisotopic (exact) mass is 261 g/mol. The van der Waals surface area contributed by atoms with Crippen LogP contribution in [0.4, 0.5) is 0 Å². The molecule has 1 aromatic carbocycles. The average Bonchev–Trinajstić information content (AvgIpc) is 2.68. The largest absolute Gasteiger partial charge is 0.337 e. The molecule has 0 saturated carbocycles. The second-order valence-corrected chi connectivity index (χ2v) is 5.07. The van der Waals surface area contributed by atoms with Crippen LogP contribution in [0.5, 0.6) is 0 Å². The van der Waals surface area contributed by atoms with Crippen LogP contribution in [-0.4, -0.2) is 32.7 Å². The summed E-state index contributed by atoms with van der Waals surface area (Å²) >= 11 is 5.98. The minimum atomic E-state index is -0.0576. The van der Waals surface area contributed by atoms with Crippen molar-refractivity contribution < 1.29 is 4.79 Å². The lowest BCUT2D eigenvalue weighted by molar-refractivity contribution is -0.128. The molecule has 5 heteroatoms. The van der Waals surface area contributed by atoms with E-state index >= 15 is 0 Å². The Labute approximate surface area is 110 Å². The Bertz CT molecular complexity index is 602. The first-order valence-electron chi connectivity index (χ1n) is 5.84. The summed E-state index contributed by atoms with van der Waals surface area (Å²) in [7, 11) is 0. The predicted octanol–water partition coefficient (Wildman–Crippen LogP) is 1.97. The molecule has 1 unspecified atom stereocenters. The Morgan fingerprint density at radius 1 is 1.28 bits per heavy atom. The topological polar surface area (TPSA) is 46.1 Å². The molecule has 92 valence electrons. The van der Waals surface area contributed by atoms with E-state index in [1.54, 1.807) is 17.3 Å². The molecule has 1 aromatic heterocycles. The van der Waals surface area contributed by atoms with Crippen LogP contribution in [0.2, 0.25) is 0 Å². The van der Waals surface area contributed by atoms with E-state index < -0.39 is 0 Å². The highest BCUT2D eigenvalue weighted by atomic mass is 35.5. The molecular formula is C13H12ClN3O. The maximum absolute atomic E-state index is 11.7. The predicted molar refractivity (Wildman–Crippen MR) is 69.2 cm³/mol. The van der Waals surface area contributed by atoms with Gasteiger partial charge in [-0.3, -0.25) is 14.8 Å². The van der Waals surface area contributed by atoms with Gasteiger partial charge in [0.05, 0.1) is 16.4 Å². The van der Waals surface area contributed by atoms with Crippen LogP contribution in [0.3, 0.4) is 0 Å². The molecule has 1 amide bonds. The lowest BCUT2D eigenvalue weighted by Crippen LogP contribution is -2.24. The first-order chi connectivity index (χ1) is 8.72. The molecule has 1 fully saturated rings. The van der Waals surface area contributed by atoms with Gasteiger partial charge in [0.25, 0.3) is 0 Å². The molecule has 1 saturated heterocycles. The van der Waals surface area contributed by atoms with Crippen molar-refractivity contribution in [1.82, 2.24) is 14.9 Å². The fraction of sp³-hybridized carbons (Fsp3) is 0.308. The van der Waals surface area contributed by atoms with Crippen LogP contribution in [0.15, 0.2) is 30.6 Å². The zero-order valence-corrected chi connectivity index (χ0v) is 10.5. The summed E-state index contributed by atoms with van der Waals surface area (Å²) in [6, 6.07) is 5.87. The quantitative estimate of drug-likeness (QED) is 0.777. The maximum Gasteiger partial charge on any atom is 0.224 e. The van der Waals surface area contributed by atoms with E-state index in [0.29, 0.717) is 19.5 Å². The van der Waals surface area contributed by atoms with Crippen LogP contribution in [0.1, 0.15) is 12.0 Å². The molecule has 1 atom stereocenters. The summed E-state index contributed by atoms with van der Waals surface area (Å²) in [6.07, 6.45) is 3.78. The molecule has 18 heavy (non-hydrogen) atoms. The molecule has 2 aromatic rings. The van der Waals surface area contributed by atoms with Gasteiger partial charge in [0, 0.05) is 31.9 Å². The molecular weight excluding hydrogens is 250 g/mol. The van der Waals surface area contributed by atoms with E-state index in [1.165, 1.54) is 0 Å². The number of hydrogen-bond acceptors (Lipinski definition) is 3. The standard InChI is InChI=1S/C13H12ClN3O/c14-10-6-13(18)17(8-10)7-9-1-2-11-12(5-9)16-4-3-15-11/h1-5,10H,6-8H2. The van der Waals surface area contributed by atoms with Crippen molar-refractivity contribution in [3.63, 3.8) is 0 Å². The highest BCUT2D eigenvalue weighted by molar-refractivity contribution is 6.22. The average molecular weight is 262 g/mol. The van der Waals surface area contributed by atoms with E-state index in [9.17, 15) is 4.79 Å². The lowest BCUT2D eigenvalue weighted by Gasteiger charge is -2.15. The minimum Gasteiger partial charge on any atom is -0.337 e. The summed E-state index contributed by atoms with van der Waals surface area (Å²) in [5.41, 5.74) is 2.77. The van der Waals surface area contributed by atoms with Gasteiger partial charge in [0.1, 0.15) is 0 Å². The van der Waals surface area contributed by atoms with Crippen LogP contribution >= 0.6 is 11.6 Å². The van der Waals surface area contributed by atoms with Crippen molar-refractivity contribution >= 4 is 28.5 Å². The van der Waals surface area contributed by atoms with Crippen molar-refractivity contribution in [2.45, 2.75) is 18.3 Å². The zero-order chi connectivity index (χ0) is 12.5. The number of rotatable bonds is 2. The second kappa shape index (κ2) is 4.53. The number of hydrogen-bond donors (Lipinski definition) is 0. The third-order valence-electron chi connectivity index (χ3n) is 3.07. The first-order valence-corrected chi connectivity index (χ1v) is 6.27. The molecule has 0 radical (unpaired) electrons. The molecule has 0 bridgehead atoms. The van der Waals surface area contributed by atoms with Crippen molar-refractivity contribution in [2.75, 3.05) is 6.54 Å². The van der Waals surface area contributed by atoms with E-state index in [4.69, 9.17) is 11.6 Å². The highest BCUT2D eigenvalue weighted by Gasteiger charge is 2.27. The molecule has 0 N–H and O–H groups in total. The van der Waals surface area contributed by atoms with Crippen LogP contribution in [0.25, 0.3) is 11.0 Å². The van der Waals surface area contributed by atoms with Gasteiger partial charge in [-0.2, -0.15) is 0 Å². The second-order valence-electron chi connectivity index (χ2n) is 4.46. The van der Waals surface area contributed by atoms with Gasteiger partial charge < -0.3 is 4.90 Å². The number of aromatic nitrogens is 2. The number of halogens is 1. The summed E-state index contributed by atoms with van der Waals surface area (Å²) in [5, 5.41) is -0.0576. The maximum atomic E-state index is 11.7. The minimum absolute atomic E-state index is 0.0576. The van der Waals surface area contributed by atoms with E-state index in [2.05, 4.69) is 9.97 Å². The number of carbonyl (C=O) groups excluding carboxylic acids is 1. The number of benzene rings is 1. The first kappa shape index (κ1) is 11.4. The number of carbonyl (C=O) groups is 1. The Morgan fingerprint density at radius 2 is 2.06 bits per heavy atom. The van der Waals surface area contributed by atoms with E-state index in [0.717, 1.165) is 16.6 Å². The van der Waals surface area contributed by atoms with Crippen molar-refractivity contribution in [3.8, 4) is 0 Å². The van der Waals surface area contributed by atoms with Gasteiger partial charge in [0.15, 0.2) is 0 Å². The SMILES string of the molecule is O=C1CC(Cl)CN1Cc1ccc2nccnc2c1. The van der Waals surface area contributed by atoms with Gasteiger partial charge in [-0.15, -0.1) is 11.6 Å². The number of nitrogens with zero attached hydrogens (tertiary/aromatic N) is 3. The molecule has 1 aliphatic heterocycles. The third kappa shape index (κ3) is 2.16. The van der Waals surface area contributed by atoms with E-state index in [-0.39, 0.29) is 11.3 Å². The summed E-state index contributed by atoms with van der Waals surface area (Å²) in [6.45, 7) is 1.22. The van der Waals surface area contributed by atoms with Gasteiger partial charge in [0.2, 0.25) is 5.91 Å². The Hall–Kier alpha value is -1.68.